The summed E-state index contributed by atoms with van der Waals surface area (Å²) in [6.07, 6.45) is 0. The number of guanidine groups is 1. The average molecular weight is 315 g/mol. The predicted octanol–water partition coefficient (Wildman–Crippen LogP) is 2.81. The van der Waals surface area contributed by atoms with E-state index in [1.807, 2.05) is 0 Å². The third-order valence-electron chi connectivity index (χ3n) is 2.21. The van der Waals surface area contributed by atoms with Crippen LogP contribution in [-0.4, -0.2) is 5.96 Å². The number of nitrogens with zero attached hydrogens (tertiary/aromatic N) is 1. The minimum atomic E-state index is 0. The van der Waals surface area contributed by atoms with Crippen molar-refractivity contribution in [2.45, 2.75) is 0 Å². The van der Waals surface area contributed by atoms with Crippen LogP contribution in [0.4, 0.5) is 11.4 Å². The first-order chi connectivity index (χ1) is 8.63. The lowest BCUT2D eigenvalue weighted by Gasteiger charge is -2.06. The Kier molecular flexibility index (Phi) is 7.28. The van der Waals surface area contributed by atoms with Crippen LogP contribution in [0.2, 0.25) is 0 Å². The molecule has 0 aromatic heterocycles. The number of ether oxygens (including phenoxy) is 1. The van der Waals surface area contributed by atoms with E-state index >= 15 is 0 Å². The smallest absolute Gasteiger partial charge is 0.191 e. The third kappa shape index (κ3) is 5.26. The highest BCUT2D eigenvalue weighted by molar-refractivity contribution is 5.85. The molecule has 0 saturated carbocycles. The summed E-state index contributed by atoms with van der Waals surface area (Å²) in [5.74, 6) is 1.45. The Hall–Kier alpha value is -2.11. The molecule has 0 fully saturated rings. The van der Waals surface area contributed by atoms with E-state index in [-0.39, 0.29) is 30.8 Å². The quantitative estimate of drug-likeness (QED) is 0.460. The largest absolute Gasteiger partial charge is 0.457 e. The minimum Gasteiger partial charge on any atom is -0.457 e. The maximum atomic E-state index is 5.63. The van der Waals surface area contributed by atoms with Gasteiger partial charge in [-0.3, -0.25) is 0 Å². The summed E-state index contributed by atoms with van der Waals surface area (Å²) in [6.45, 7) is 0. The van der Waals surface area contributed by atoms with Crippen LogP contribution in [0.3, 0.4) is 0 Å². The second-order valence-electron chi connectivity index (χ2n) is 3.70. The summed E-state index contributed by atoms with van der Waals surface area (Å²) in [5, 5.41) is 0. The molecule has 6 N–H and O–H groups in total. The van der Waals surface area contributed by atoms with Gasteiger partial charge in [0.2, 0.25) is 0 Å². The second kappa shape index (κ2) is 8.14. The van der Waals surface area contributed by atoms with Gasteiger partial charge in [0.15, 0.2) is 5.96 Å². The topological polar surface area (TPSA) is 99.7 Å². The van der Waals surface area contributed by atoms with Crippen LogP contribution >= 0.6 is 24.8 Å². The molecule has 2 aromatic carbocycles. The molecule has 0 unspecified atom stereocenters. The number of hydrogen-bond donors (Lipinski definition) is 3. The summed E-state index contributed by atoms with van der Waals surface area (Å²) >= 11 is 0. The zero-order valence-corrected chi connectivity index (χ0v) is 12.2. The maximum absolute atomic E-state index is 5.63. The molecule has 20 heavy (non-hydrogen) atoms. The summed E-state index contributed by atoms with van der Waals surface area (Å²) in [5.41, 5.74) is 17.5. The summed E-state index contributed by atoms with van der Waals surface area (Å²) in [7, 11) is 0. The highest BCUT2D eigenvalue weighted by atomic mass is 35.5. The van der Waals surface area contributed by atoms with Gasteiger partial charge in [0.25, 0.3) is 0 Å². The Balaban J connectivity index is 0.00000180. The van der Waals surface area contributed by atoms with Crippen molar-refractivity contribution in [3.8, 4) is 11.5 Å². The van der Waals surface area contributed by atoms with Crippen LogP contribution in [0, 0.1) is 0 Å². The molecule has 0 bridgehead atoms. The molecule has 0 aliphatic heterocycles. The number of nitrogen functional groups attached to an aromatic ring is 1. The van der Waals surface area contributed by atoms with Crippen molar-refractivity contribution in [3.63, 3.8) is 0 Å². The van der Waals surface area contributed by atoms with Crippen LogP contribution in [0.15, 0.2) is 53.5 Å². The van der Waals surface area contributed by atoms with Crippen molar-refractivity contribution in [2.24, 2.45) is 16.5 Å². The molecule has 0 aliphatic carbocycles. The highest BCUT2D eigenvalue weighted by Gasteiger charge is 1.97. The lowest BCUT2D eigenvalue weighted by atomic mass is 10.3. The molecular formula is C13H16Cl2N4O. The Morgan fingerprint density at radius 1 is 0.800 bits per heavy atom. The number of hydrogen-bond acceptors (Lipinski definition) is 3. The molecule has 0 spiro atoms. The Labute approximate surface area is 129 Å². The molecule has 0 amide bonds. The summed E-state index contributed by atoms with van der Waals surface area (Å²) < 4.78 is 5.63. The highest BCUT2D eigenvalue weighted by Crippen LogP contribution is 2.24. The first-order valence-corrected chi connectivity index (χ1v) is 5.36. The van der Waals surface area contributed by atoms with Crippen molar-refractivity contribution in [2.75, 3.05) is 5.73 Å². The average Bonchev–Trinajstić information content (AvgIpc) is 2.34. The van der Waals surface area contributed by atoms with E-state index in [1.54, 1.807) is 48.5 Å². The van der Waals surface area contributed by atoms with Crippen LogP contribution in [0.5, 0.6) is 11.5 Å². The normalized spacial score (nSPS) is 8.80. The SMILES string of the molecule is Cl.Cl.NC(N)=Nc1ccc(Oc2ccc(N)cc2)cc1. The summed E-state index contributed by atoms with van der Waals surface area (Å²) in [6, 6.07) is 14.3. The van der Waals surface area contributed by atoms with Crippen LogP contribution in [0.1, 0.15) is 0 Å². The lowest BCUT2D eigenvalue weighted by Crippen LogP contribution is -2.21. The van der Waals surface area contributed by atoms with Crippen LogP contribution < -0.4 is 21.9 Å². The van der Waals surface area contributed by atoms with Crippen LogP contribution in [-0.2, 0) is 0 Å². The monoisotopic (exact) mass is 314 g/mol. The lowest BCUT2D eigenvalue weighted by molar-refractivity contribution is 0.483. The van der Waals surface area contributed by atoms with E-state index in [0.717, 1.165) is 5.75 Å². The predicted molar refractivity (Wildman–Crippen MR) is 87.3 cm³/mol. The zero-order chi connectivity index (χ0) is 13.0. The fourth-order valence-corrected chi connectivity index (χ4v) is 1.41. The van der Waals surface area contributed by atoms with Gasteiger partial charge in [-0.1, -0.05) is 0 Å². The molecule has 0 aliphatic rings. The Morgan fingerprint density at radius 3 is 1.70 bits per heavy atom. The van der Waals surface area contributed by atoms with Gasteiger partial charge in [-0.15, -0.1) is 24.8 Å². The molecule has 108 valence electrons. The first kappa shape index (κ1) is 17.9. The van der Waals surface area contributed by atoms with Gasteiger partial charge in [0.05, 0.1) is 5.69 Å². The van der Waals surface area contributed by atoms with E-state index < -0.39 is 0 Å². The first-order valence-electron chi connectivity index (χ1n) is 5.36. The van der Waals surface area contributed by atoms with Crippen molar-refractivity contribution in [3.05, 3.63) is 48.5 Å². The van der Waals surface area contributed by atoms with E-state index in [2.05, 4.69) is 4.99 Å². The number of halogens is 2. The molecule has 5 nitrogen and oxygen atoms in total. The number of aliphatic imine (C=N–C) groups is 1. The van der Waals surface area contributed by atoms with Crippen LogP contribution in [0.25, 0.3) is 0 Å². The zero-order valence-electron chi connectivity index (χ0n) is 10.5. The van der Waals surface area contributed by atoms with E-state index in [9.17, 15) is 0 Å². The Morgan fingerprint density at radius 2 is 1.25 bits per heavy atom. The van der Waals surface area contributed by atoms with E-state index in [4.69, 9.17) is 21.9 Å². The molecule has 0 atom stereocenters. The molecular weight excluding hydrogens is 299 g/mol. The van der Waals surface area contributed by atoms with Gasteiger partial charge < -0.3 is 21.9 Å². The van der Waals surface area contributed by atoms with Gasteiger partial charge in [0, 0.05) is 5.69 Å². The van der Waals surface area contributed by atoms with Gasteiger partial charge >= 0.3 is 0 Å². The van der Waals surface area contributed by atoms with Crippen molar-refractivity contribution >= 4 is 42.1 Å². The molecule has 0 radical (unpaired) electrons. The van der Waals surface area contributed by atoms with Gasteiger partial charge in [-0.2, -0.15) is 0 Å². The number of nitrogens with two attached hydrogens (primary N) is 3. The number of anilines is 1. The van der Waals surface area contributed by atoms with E-state index in [0.29, 0.717) is 17.1 Å². The van der Waals surface area contributed by atoms with Crippen molar-refractivity contribution < 1.29 is 4.74 Å². The van der Waals surface area contributed by atoms with Gasteiger partial charge in [0.1, 0.15) is 11.5 Å². The number of benzene rings is 2. The summed E-state index contributed by atoms with van der Waals surface area (Å²) in [4.78, 5) is 3.92. The second-order valence-corrected chi connectivity index (χ2v) is 3.70. The maximum Gasteiger partial charge on any atom is 0.191 e. The molecule has 0 saturated heterocycles. The minimum absolute atomic E-state index is 0. The molecule has 7 heteroatoms. The standard InChI is InChI=1S/C13H14N4O.2ClH/c14-9-1-5-11(6-2-9)18-12-7-3-10(4-8-12)17-13(15)16;;/h1-8H,14H2,(H4,15,16,17);2*1H. The van der Waals surface area contributed by atoms with Gasteiger partial charge in [-0.25, -0.2) is 4.99 Å². The number of rotatable bonds is 3. The fourth-order valence-electron chi connectivity index (χ4n) is 1.41. The van der Waals surface area contributed by atoms with E-state index in [1.165, 1.54) is 0 Å². The van der Waals surface area contributed by atoms with Crippen molar-refractivity contribution in [1.29, 1.82) is 0 Å². The molecule has 0 heterocycles. The Bertz CT molecular complexity index is 552. The van der Waals surface area contributed by atoms with Gasteiger partial charge in [-0.05, 0) is 48.5 Å². The van der Waals surface area contributed by atoms with Crippen molar-refractivity contribution in [1.82, 2.24) is 0 Å². The fraction of sp³-hybridized carbons (Fsp3) is 0. The third-order valence-corrected chi connectivity index (χ3v) is 2.21. The molecule has 2 aromatic rings. The molecule has 2 rings (SSSR count).